The summed E-state index contributed by atoms with van der Waals surface area (Å²) in [6.45, 7) is 3.85. The third kappa shape index (κ3) is 3.65. The van der Waals surface area contributed by atoms with Gasteiger partial charge < -0.3 is 20.1 Å². The van der Waals surface area contributed by atoms with Gasteiger partial charge in [0, 0.05) is 6.54 Å². The lowest BCUT2D eigenvalue weighted by Crippen LogP contribution is -2.60. The number of carbonyl (C=O) groups excluding carboxylic acids is 2. The first-order valence-corrected chi connectivity index (χ1v) is 7.31. The Balaban J connectivity index is 2.89. The summed E-state index contributed by atoms with van der Waals surface area (Å²) >= 11 is 0. The van der Waals surface area contributed by atoms with E-state index in [9.17, 15) is 19.5 Å². The summed E-state index contributed by atoms with van der Waals surface area (Å²) in [5.74, 6) is -1.52. The summed E-state index contributed by atoms with van der Waals surface area (Å²) in [5, 5.41) is 12.0. The van der Waals surface area contributed by atoms with Crippen LogP contribution in [0.5, 0.6) is 0 Å². The number of rotatable bonds is 5. The first kappa shape index (κ1) is 17.3. The van der Waals surface area contributed by atoms with E-state index < -0.39 is 29.6 Å². The molecule has 0 aromatic rings. The molecule has 21 heavy (non-hydrogen) atoms. The zero-order valence-electron chi connectivity index (χ0n) is 12.8. The fourth-order valence-electron chi connectivity index (χ4n) is 2.61. The third-order valence-electron chi connectivity index (χ3n) is 4.20. The van der Waals surface area contributed by atoms with Crippen molar-refractivity contribution in [2.45, 2.75) is 57.5 Å². The second-order valence-electron chi connectivity index (χ2n) is 5.25. The smallest absolute Gasteiger partial charge is 0.329 e. The molecule has 1 unspecified atom stereocenters. The normalized spacial score (nSPS) is 19.0. The number of urea groups is 1. The van der Waals surface area contributed by atoms with Gasteiger partial charge in [0.15, 0.2) is 0 Å². The van der Waals surface area contributed by atoms with E-state index in [1.165, 1.54) is 12.0 Å². The van der Waals surface area contributed by atoms with E-state index in [0.29, 0.717) is 13.0 Å². The predicted molar refractivity (Wildman–Crippen MR) is 75.8 cm³/mol. The van der Waals surface area contributed by atoms with E-state index in [4.69, 9.17) is 4.74 Å². The SMILES string of the molecule is CCC(CC)(NC(=O)N1CCCCC1C(=O)OC)C(=O)O. The minimum atomic E-state index is -1.30. The number of likely N-dealkylation sites (tertiary alicyclic amines) is 1. The van der Waals surface area contributed by atoms with E-state index in [0.717, 1.165) is 12.8 Å². The van der Waals surface area contributed by atoms with Gasteiger partial charge in [-0.25, -0.2) is 14.4 Å². The van der Waals surface area contributed by atoms with E-state index in [2.05, 4.69) is 5.32 Å². The highest BCUT2D eigenvalue weighted by Gasteiger charge is 2.40. The van der Waals surface area contributed by atoms with Crippen LogP contribution in [-0.2, 0) is 14.3 Å². The van der Waals surface area contributed by atoms with Crippen molar-refractivity contribution >= 4 is 18.0 Å². The van der Waals surface area contributed by atoms with E-state index in [1.807, 2.05) is 0 Å². The molecule has 0 aromatic heterocycles. The number of carboxylic acid groups (broad SMARTS) is 1. The lowest BCUT2D eigenvalue weighted by molar-refractivity contribution is -0.147. The van der Waals surface area contributed by atoms with Gasteiger partial charge in [0.2, 0.25) is 0 Å². The Hall–Kier alpha value is -1.79. The van der Waals surface area contributed by atoms with Gasteiger partial charge in [-0.2, -0.15) is 0 Å². The molecule has 2 amide bonds. The van der Waals surface area contributed by atoms with Gasteiger partial charge in [-0.05, 0) is 32.1 Å². The van der Waals surface area contributed by atoms with Crippen LogP contribution >= 0.6 is 0 Å². The average Bonchev–Trinajstić information content (AvgIpc) is 2.51. The van der Waals surface area contributed by atoms with Crippen molar-refractivity contribution in [1.82, 2.24) is 10.2 Å². The molecule has 0 spiro atoms. The lowest BCUT2D eigenvalue weighted by atomic mass is 9.93. The summed E-state index contributed by atoms with van der Waals surface area (Å²) in [7, 11) is 1.28. The van der Waals surface area contributed by atoms with Crippen molar-refractivity contribution in [2.75, 3.05) is 13.7 Å². The minimum Gasteiger partial charge on any atom is -0.480 e. The van der Waals surface area contributed by atoms with Gasteiger partial charge in [-0.1, -0.05) is 13.8 Å². The summed E-state index contributed by atoms with van der Waals surface area (Å²) in [6, 6.07) is -1.15. The molecule has 7 heteroatoms. The molecule has 1 fully saturated rings. The molecular weight excluding hydrogens is 276 g/mol. The molecule has 0 radical (unpaired) electrons. The standard InChI is InChI=1S/C14H24N2O5/c1-4-14(5-2,12(18)19)15-13(20)16-9-7-6-8-10(16)11(17)21-3/h10H,4-9H2,1-3H3,(H,15,20)(H,18,19). The highest BCUT2D eigenvalue weighted by atomic mass is 16.5. The molecule has 1 aliphatic rings. The van der Waals surface area contributed by atoms with Gasteiger partial charge in [-0.3, -0.25) is 0 Å². The van der Waals surface area contributed by atoms with Crippen molar-refractivity contribution in [3.8, 4) is 0 Å². The number of piperidine rings is 1. The molecule has 1 atom stereocenters. The fraction of sp³-hybridized carbons (Fsp3) is 0.786. The maximum atomic E-state index is 12.4. The number of amides is 2. The molecule has 120 valence electrons. The first-order chi connectivity index (χ1) is 9.91. The number of hydrogen-bond donors (Lipinski definition) is 2. The van der Waals surface area contributed by atoms with Crippen LogP contribution < -0.4 is 5.32 Å². The molecule has 0 aromatic carbocycles. The monoisotopic (exact) mass is 300 g/mol. The van der Waals surface area contributed by atoms with Crippen LogP contribution in [0.15, 0.2) is 0 Å². The largest absolute Gasteiger partial charge is 0.480 e. The maximum absolute atomic E-state index is 12.4. The third-order valence-corrected chi connectivity index (χ3v) is 4.20. The van der Waals surface area contributed by atoms with Crippen LogP contribution in [0.1, 0.15) is 46.0 Å². The van der Waals surface area contributed by atoms with Crippen LogP contribution in [0.4, 0.5) is 4.79 Å². The molecule has 7 nitrogen and oxygen atoms in total. The zero-order chi connectivity index (χ0) is 16.0. The fourth-order valence-corrected chi connectivity index (χ4v) is 2.61. The van der Waals surface area contributed by atoms with Crippen molar-refractivity contribution in [2.24, 2.45) is 0 Å². The van der Waals surface area contributed by atoms with Crippen LogP contribution in [-0.4, -0.2) is 53.2 Å². The van der Waals surface area contributed by atoms with Gasteiger partial charge in [0.05, 0.1) is 7.11 Å². The van der Waals surface area contributed by atoms with Gasteiger partial charge in [0.25, 0.3) is 0 Å². The van der Waals surface area contributed by atoms with Crippen LogP contribution in [0.2, 0.25) is 0 Å². The number of nitrogens with one attached hydrogen (secondary N) is 1. The quantitative estimate of drug-likeness (QED) is 0.747. The molecular formula is C14H24N2O5. The van der Waals surface area contributed by atoms with Gasteiger partial charge in [0.1, 0.15) is 11.6 Å². The Labute approximate surface area is 124 Å². The maximum Gasteiger partial charge on any atom is 0.329 e. The molecule has 0 saturated carbocycles. The highest BCUT2D eigenvalue weighted by molar-refractivity contribution is 5.89. The van der Waals surface area contributed by atoms with Crippen molar-refractivity contribution < 1.29 is 24.2 Å². The Kier molecular flexibility index (Phi) is 5.99. The number of nitrogens with zero attached hydrogens (tertiary/aromatic N) is 1. The summed E-state index contributed by atoms with van der Waals surface area (Å²) in [5.41, 5.74) is -1.30. The topological polar surface area (TPSA) is 95.9 Å². The number of carboxylic acids is 1. The highest BCUT2D eigenvalue weighted by Crippen LogP contribution is 2.21. The Bertz CT molecular complexity index is 406. The molecule has 1 rings (SSSR count). The average molecular weight is 300 g/mol. The number of aliphatic carboxylic acids is 1. The van der Waals surface area contributed by atoms with E-state index >= 15 is 0 Å². The Morgan fingerprint density at radius 2 is 1.90 bits per heavy atom. The zero-order valence-corrected chi connectivity index (χ0v) is 12.8. The Morgan fingerprint density at radius 1 is 1.29 bits per heavy atom. The second kappa shape index (κ2) is 7.28. The van der Waals surface area contributed by atoms with Gasteiger partial charge in [-0.15, -0.1) is 0 Å². The van der Waals surface area contributed by atoms with Crippen molar-refractivity contribution in [3.63, 3.8) is 0 Å². The van der Waals surface area contributed by atoms with Gasteiger partial charge >= 0.3 is 18.0 Å². The minimum absolute atomic E-state index is 0.279. The Morgan fingerprint density at radius 3 is 2.38 bits per heavy atom. The summed E-state index contributed by atoms with van der Waals surface area (Å²) in [6.07, 6.45) is 2.73. The predicted octanol–water partition coefficient (Wildman–Crippen LogP) is 1.37. The summed E-state index contributed by atoms with van der Waals surface area (Å²) in [4.78, 5) is 37.0. The number of ether oxygens (including phenoxy) is 1. The van der Waals surface area contributed by atoms with E-state index in [-0.39, 0.29) is 12.8 Å². The summed E-state index contributed by atoms with van der Waals surface area (Å²) < 4.78 is 4.72. The lowest BCUT2D eigenvalue weighted by Gasteiger charge is -2.37. The van der Waals surface area contributed by atoms with Crippen LogP contribution in [0.3, 0.4) is 0 Å². The van der Waals surface area contributed by atoms with Crippen molar-refractivity contribution in [1.29, 1.82) is 0 Å². The molecule has 1 saturated heterocycles. The molecule has 2 N–H and O–H groups in total. The number of esters is 1. The molecule has 0 bridgehead atoms. The van der Waals surface area contributed by atoms with Crippen molar-refractivity contribution in [3.05, 3.63) is 0 Å². The molecule has 1 aliphatic heterocycles. The second-order valence-corrected chi connectivity index (χ2v) is 5.25. The molecule has 0 aliphatic carbocycles. The van der Waals surface area contributed by atoms with E-state index in [1.54, 1.807) is 13.8 Å². The number of hydrogen-bond acceptors (Lipinski definition) is 4. The molecule has 1 heterocycles. The number of methoxy groups -OCH3 is 1. The first-order valence-electron chi connectivity index (χ1n) is 7.31. The van der Waals surface area contributed by atoms with Crippen LogP contribution in [0, 0.1) is 0 Å². The van der Waals surface area contributed by atoms with Crippen LogP contribution in [0.25, 0.3) is 0 Å². The number of carbonyl (C=O) groups is 3.